The number of aromatic nitrogens is 1. The normalized spacial score (nSPS) is 19.6. The van der Waals surface area contributed by atoms with Crippen molar-refractivity contribution in [2.24, 2.45) is 4.40 Å². The molecule has 0 spiro atoms. The Morgan fingerprint density at radius 3 is 2.34 bits per heavy atom. The molecule has 212 valence electrons. The summed E-state index contributed by atoms with van der Waals surface area (Å²) in [6.07, 6.45) is 6.20. The Labute approximate surface area is 230 Å². The van der Waals surface area contributed by atoms with E-state index in [1.807, 2.05) is 52.5 Å². The minimum absolute atomic E-state index is 0.0793. The summed E-state index contributed by atoms with van der Waals surface area (Å²) in [4.78, 5) is 37.3. The number of pyridine rings is 1. The fourth-order valence-electron chi connectivity index (χ4n) is 4.61. The molecule has 1 aromatic heterocycles. The number of ether oxygens (including phenoxy) is 1. The summed E-state index contributed by atoms with van der Waals surface area (Å²) in [6, 6.07) is 2.15. The predicted molar refractivity (Wildman–Crippen MR) is 153 cm³/mol. The van der Waals surface area contributed by atoms with E-state index >= 15 is 0 Å². The molecule has 2 amide bonds. The van der Waals surface area contributed by atoms with Gasteiger partial charge in [-0.3, -0.25) is 4.79 Å². The number of hydrogen-bond acceptors (Lipinski definition) is 6. The zero-order valence-electron chi connectivity index (χ0n) is 24.4. The van der Waals surface area contributed by atoms with Crippen LogP contribution in [-0.2, 0) is 22.3 Å². The first-order valence-corrected chi connectivity index (χ1v) is 14.8. The van der Waals surface area contributed by atoms with Gasteiger partial charge in [-0.2, -0.15) is 4.40 Å². The van der Waals surface area contributed by atoms with Crippen molar-refractivity contribution in [2.45, 2.75) is 104 Å². The minimum Gasteiger partial charge on any atom is -0.444 e. The average Bonchev–Trinajstić information content (AvgIpc) is 3.26. The Kier molecular flexibility index (Phi) is 9.60. The van der Waals surface area contributed by atoms with E-state index in [0.29, 0.717) is 36.0 Å². The second-order valence-electron chi connectivity index (χ2n) is 12.4. The van der Waals surface area contributed by atoms with Gasteiger partial charge in [-0.15, -0.1) is 0 Å². The summed E-state index contributed by atoms with van der Waals surface area (Å²) in [6.45, 7) is 15.6. The lowest BCUT2D eigenvalue weighted by atomic mass is 10.0. The molecular formula is C28H45N5O4S. The molecule has 0 radical (unpaired) electrons. The highest BCUT2D eigenvalue weighted by Crippen LogP contribution is 2.29. The third kappa shape index (κ3) is 7.77. The number of carbonyl (C=O) groups excluding carboxylic acids is 2. The minimum atomic E-state index is -1.52. The van der Waals surface area contributed by atoms with Gasteiger partial charge < -0.3 is 19.4 Å². The van der Waals surface area contributed by atoms with Gasteiger partial charge in [-0.1, -0.05) is 0 Å². The zero-order chi connectivity index (χ0) is 28.3. The number of amides is 2. The van der Waals surface area contributed by atoms with Crippen molar-refractivity contribution in [2.75, 3.05) is 31.6 Å². The number of piperidine rings is 1. The summed E-state index contributed by atoms with van der Waals surface area (Å²) >= 11 is 0. The molecule has 2 aliphatic heterocycles. The summed E-state index contributed by atoms with van der Waals surface area (Å²) in [5.41, 5.74) is 0.877. The van der Waals surface area contributed by atoms with E-state index in [1.165, 1.54) is 11.1 Å². The molecule has 2 fully saturated rings. The summed E-state index contributed by atoms with van der Waals surface area (Å²) in [5, 5.41) is 0. The van der Waals surface area contributed by atoms with Crippen LogP contribution in [0.25, 0.3) is 0 Å². The first-order valence-electron chi connectivity index (χ1n) is 13.7. The molecule has 0 unspecified atom stereocenters. The first kappa shape index (κ1) is 30.1. The molecule has 0 N–H and O–H groups in total. The predicted octanol–water partition coefficient (Wildman–Crippen LogP) is 4.94. The Morgan fingerprint density at radius 2 is 1.79 bits per heavy atom. The summed E-state index contributed by atoms with van der Waals surface area (Å²) < 4.78 is 22.2. The van der Waals surface area contributed by atoms with E-state index in [-0.39, 0.29) is 12.5 Å². The molecule has 2 aliphatic rings. The lowest BCUT2D eigenvalue weighted by molar-refractivity contribution is 0.0283. The molecule has 0 aromatic carbocycles. The lowest BCUT2D eigenvalue weighted by Crippen LogP contribution is -2.37. The van der Waals surface area contributed by atoms with E-state index in [0.717, 1.165) is 44.5 Å². The average molecular weight is 548 g/mol. The Morgan fingerprint density at radius 1 is 1.13 bits per heavy atom. The molecular weight excluding hydrogens is 502 g/mol. The van der Waals surface area contributed by atoms with Crippen molar-refractivity contribution in [3.05, 3.63) is 22.9 Å². The van der Waals surface area contributed by atoms with E-state index < -0.39 is 27.4 Å². The number of anilines is 1. The molecule has 38 heavy (non-hydrogen) atoms. The van der Waals surface area contributed by atoms with Gasteiger partial charge in [-0.05, 0) is 86.6 Å². The second kappa shape index (κ2) is 12.1. The van der Waals surface area contributed by atoms with Crippen molar-refractivity contribution in [3.8, 4) is 0 Å². The topological polar surface area (TPSA) is 95.4 Å². The molecule has 0 aliphatic carbocycles. The molecule has 9 nitrogen and oxygen atoms in total. The van der Waals surface area contributed by atoms with Gasteiger partial charge in [0, 0.05) is 44.5 Å². The summed E-state index contributed by atoms with van der Waals surface area (Å²) in [5.74, 6) is 0.640. The fourth-order valence-corrected chi connectivity index (χ4v) is 5.13. The molecule has 2 atom stereocenters. The van der Waals surface area contributed by atoms with Crippen LogP contribution in [0.1, 0.15) is 102 Å². The largest absolute Gasteiger partial charge is 0.444 e. The highest BCUT2D eigenvalue weighted by atomic mass is 32.2. The van der Waals surface area contributed by atoms with Crippen LogP contribution < -0.4 is 4.90 Å². The van der Waals surface area contributed by atoms with Crippen LogP contribution in [0.2, 0.25) is 0 Å². The van der Waals surface area contributed by atoms with Gasteiger partial charge in [-0.25, -0.2) is 14.0 Å². The monoisotopic (exact) mass is 547 g/mol. The van der Waals surface area contributed by atoms with Gasteiger partial charge in [0.2, 0.25) is 0 Å². The number of nitrogens with zero attached hydrogens (tertiary/aromatic N) is 5. The van der Waals surface area contributed by atoms with Crippen molar-refractivity contribution in [1.29, 1.82) is 0 Å². The van der Waals surface area contributed by atoms with Gasteiger partial charge >= 0.3 is 6.09 Å². The maximum absolute atomic E-state index is 13.9. The van der Waals surface area contributed by atoms with Gasteiger partial charge in [0.05, 0.1) is 22.5 Å². The van der Waals surface area contributed by atoms with Crippen LogP contribution in [0, 0.1) is 0 Å². The number of hydrogen-bond donors (Lipinski definition) is 0. The molecule has 0 bridgehead atoms. The SMILES string of the molecule is C[C@@H]1CCCN1c1cc(C(=O)N2CCCCC2)c(/C=N/[S@@](=O)C(C)(C)C)c(CN(C)C(=O)OC(C)(C)C)n1. The van der Waals surface area contributed by atoms with E-state index in [9.17, 15) is 13.8 Å². The second-order valence-corrected chi connectivity index (χ2v) is 14.3. The lowest BCUT2D eigenvalue weighted by Gasteiger charge is -2.30. The van der Waals surface area contributed by atoms with E-state index in [1.54, 1.807) is 7.05 Å². The molecule has 3 rings (SSSR count). The highest BCUT2D eigenvalue weighted by Gasteiger charge is 2.29. The summed E-state index contributed by atoms with van der Waals surface area (Å²) in [7, 11) is 0.135. The Balaban J connectivity index is 2.13. The Hall–Kier alpha value is -2.49. The van der Waals surface area contributed by atoms with Crippen LogP contribution in [0.4, 0.5) is 10.6 Å². The van der Waals surface area contributed by atoms with Gasteiger partial charge in [0.15, 0.2) is 0 Å². The number of rotatable bonds is 6. The molecule has 1 aromatic rings. The van der Waals surface area contributed by atoms with Crippen molar-refractivity contribution < 1.29 is 18.5 Å². The van der Waals surface area contributed by atoms with Crippen molar-refractivity contribution in [1.82, 2.24) is 14.8 Å². The number of carbonyl (C=O) groups is 2. The zero-order valence-corrected chi connectivity index (χ0v) is 25.2. The highest BCUT2D eigenvalue weighted by molar-refractivity contribution is 7.85. The van der Waals surface area contributed by atoms with Crippen LogP contribution in [0.5, 0.6) is 0 Å². The van der Waals surface area contributed by atoms with Crippen LogP contribution in [0.3, 0.4) is 0 Å². The molecule has 3 heterocycles. The van der Waals surface area contributed by atoms with Crippen molar-refractivity contribution in [3.63, 3.8) is 0 Å². The quantitative estimate of drug-likeness (QED) is 0.468. The van der Waals surface area contributed by atoms with Crippen molar-refractivity contribution >= 4 is 35.0 Å². The fraction of sp³-hybridized carbons (Fsp3) is 0.714. The van der Waals surface area contributed by atoms with Crippen LogP contribution in [0.15, 0.2) is 10.5 Å². The number of likely N-dealkylation sites (tertiary alicyclic amines) is 1. The van der Waals surface area contributed by atoms with E-state index in [2.05, 4.69) is 16.2 Å². The standard InChI is InChI=1S/C28H45N5O4S/c1-20-13-12-16-33(20)24-17-21(25(34)32-14-10-9-11-15-32)22(18-29-38(36)28(5,6)7)23(30-24)19-31(8)26(35)37-27(2,3)4/h17-18,20H,9-16,19H2,1-8H3/b29-18+/t20-,38+/m1/s1. The molecule has 10 heteroatoms. The molecule has 2 saturated heterocycles. The maximum Gasteiger partial charge on any atom is 0.410 e. The molecule has 0 saturated carbocycles. The third-order valence-corrected chi connectivity index (χ3v) is 8.08. The smallest absolute Gasteiger partial charge is 0.410 e. The van der Waals surface area contributed by atoms with Gasteiger partial charge in [0.1, 0.15) is 22.4 Å². The third-order valence-electron chi connectivity index (χ3n) is 6.74. The van der Waals surface area contributed by atoms with Crippen LogP contribution in [-0.4, -0.2) is 80.3 Å². The van der Waals surface area contributed by atoms with Gasteiger partial charge in [0.25, 0.3) is 5.91 Å². The first-order chi connectivity index (χ1) is 17.7. The Bertz CT molecular complexity index is 1070. The maximum atomic E-state index is 13.9. The van der Waals surface area contributed by atoms with Crippen LogP contribution >= 0.6 is 0 Å². The van der Waals surface area contributed by atoms with E-state index in [4.69, 9.17) is 9.72 Å².